The van der Waals surface area contributed by atoms with Crippen LogP contribution in [-0.2, 0) is 6.42 Å². The van der Waals surface area contributed by atoms with Crippen LogP contribution in [0.1, 0.15) is 17.1 Å². The van der Waals surface area contributed by atoms with E-state index in [9.17, 15) is 13.2 Å². The summed E-state index contributed by atoms with van der Waals surface area (Å²) in [6, 6.07) is 3.45. The van der Waals surface area contributed by atoms with Crippen LogP contribution in [0.15, 0.2) is 24.5 Å². The van der Waals surface area contributed by atoms with E-state index in [0.29, 0.717) is 21.7 Å². The van der Waals surface area contributed by atoms with Crippen molar-refractivity contribution in [2.75, 3.05) is 6.67 Å². The first-order chi connectivity index (χ1) is 12.9. The van der Waals surface area contributed by atoms with Crippen LogP contribution in [0, 0.1) is 13.8 Å². The molecule has 3 aromatic rings. The predicted molar refractivity (Wildman–Crippen MR) is 95.6 cm³/mol. The van der Waals surface area contributed by atoms with Crippen LogP contribution in [-0.4, -0.2) is 39.0 Å². The Morgan fingerprint density at radius 2 is 1.78 bits per heavy atom. The zero-order valence-electron chi connectivity index (χ0n) is 14.6. The molecule has 1 aromatic carbocycles. The van der Waals surface area contributed by atoms with Gasteiger partial charge < -0.3 is 4.74 Å². The van der Waals surface area contributed by atoms with Crippen LogP contribution < -0.4 is 4.74 Å². The summed E-state index contributed by atoms with van der Waals surface area (Å²) in [5.74, 6) is 0.680. The molecule has 27 heavy (non-hydrogen) atoms. The normalized spacial score (nSPS) is 13.6. The van der Waals surface area contributed by atoms with Gasteiger partial charge in [0.2, 0.25) is 0 Å². The van der Waals surface area contributed by atoms with E-state index < -0.39 is 25.4 Å². The van der Waals surface area contributed by atoms with Gasteiger partial charge in [0.1, 0.15) is 24.4 Å². The third-order valence-corrected chi connectivity index (χ3v) is 4.12. The number of fused-ring (bicyclic) bond motifs is 1. The average Bonchev–Trinajstić information content (AvgIpc) is 2.65. The minimum Gasteiger partial charge on any atom is -0.424 e. The molecule has 0 fully saturated rings. The number of hydrogen-bond donors (Lipinski definition) is 0. The van der Waals surface area contributed by atoms with E-state index in [1.807, 2.05) is 6.92 Å². The summed E-state index contributed by atoms with van der Waals surface area (Å²) in [6.45, 7) is 2.07. The van der Waals surface area contributed by atoms with E-state index >= 15 is 0 Å². The van der Waals surface area contributed by atoms with E-state index in [0.717, 1.165) is 5.56 Å². The minimum absolute atomic E-state index is 0.0278. The van der Waals surface area contributed by atoms with Gasteiger partial charge in [-0.25, -0.2) is 33.1 Å². The third-order valence-electron chi connectivity index (χ3n) is 3.93. The van der Waals surface area contributed by atoms with Gasteiger partial charge in [0.05, 0.1) is 34.0 Å². The van der Waals surface area contributed by atoms with Crippen LogP contribution in [0.4, 0.5) is 13.2 Å². The van der Waals surface area contributed by atoms with Gasteiger partial charge in [-0.05, 0) is 25.5 Å². The summed E-state index contributed by atoms with van der Waals surface area (Å²) in [6.07, 6.45) is -1.92. The number of alkyl halides is 3. The fourth-order valence-corrected chi connectivity index (χ4v) is 2.73. The molecule has 2 aromatic heterocycles. The second-order valence-electron chi connectivity index (χ2n) is 6.00. The quantitative estimate of drug-likeness (QED) is 0.606. The predicted octanol–water partition coefficient (Wildman–Crippen LogP) is 4.67. The van der Waals surface area contributed by atoms with Crippen LogP contribution >= 0.6 is 11.6 Å². The molecule has 0 aliphatic rings. The van der Waals surface area contributed by atoms with E-state index in [-0.39, 0.29) is 17.5 Å². The zero-order valence-corrected chi connectivity index (χ0v) is 15.3. The van der Waals surface area contributed by atoms with Crippen molar-refractivity contribution >= 4 is 22.5 Å². The highest BCUT2D eigenvalue weighted by Gasteiger charge is 2.24. The molecule has 0 N–H and O–H groups in total. The van der Waals surface area contributed by atoms with Gasteiger partial charge >= 0.3 is 6.01 Å². The number of nitrogens with zero attached hydrogens (tertiary/aromatic N) is 4. The number of ether oxygens (including phenoxy) is 1. The lowest BCUT2D eigenvalue weighted by atomic mass is 10.0. The zero-order chi connectivity index (χ0) is 19.6. The Morgan fingerprint density at radius 3 is 2.44 bits per heavy atom. The van der Waals surface area contributed by atoms with E-state index in [4.69, 9.17) is 16.3 Å². The van der Waals surface area contributed by atoms with Gasteiger partial charge in [0, 0.05) is 6.42 Å². The smallest absolute Gasteiger partial charge is 0.321 e. The Hall–Kier alpha value is -2.48. The van der Waals surface area contributed by atoms with E-state index in [1.54, 1.807) is 19.1 Å². The van der Waals surface area contributed by atoms with Crippen molar-refractivity contribution in [2.24, 2.45) is 0 Å². The Morgan fingerprint density at radius 1 is 1.07 bits per heavy atom. The molecular weight excluding hydrogens is 381 g/mol. The number of benzene rings is 1. The molecule has 0 saturated carbocycles. The van der Waals surface area contributed by atoms with Crippen molar-refractivity contribution in [3.63, 3.8) is 0 Å². The maximum atomic E-state index is 14.1. The second kappa shape index (κ2) is 8.04. The molecule has 2 heterocycles. The van der Waals surface area contributed by atoms with Crippen LogP contribution in [0.25, 0.3) is 10.9 Å². The van der Waals surface area contributed by atoms with Crippen LogP contribution in [0.2, 0.25) is 5.02 Å². The van der Waals surface area contributed by atoms with Gasteiger partial charge in [-0.1, -0.05) is 17.7 Å². The van der Waals surface area contributed by atoms with Crippen LogP contribution in [0.3, 0.4) is 0 Å². The molecule has 0 spiro atoms. The lowest BCUT2D eigenvalue weighted by Gasteiger charge is -2.15. The Balaban J connectivity index is 2.10. The third kappa shape index (κ3) is 4.27. The van der Waals surface area contributed by atoms with Crippen molar-refractivity contribution < 1.29 is 17.9 Å². The summed E-state index contributed by atoms with van der Waals surface area (Å²) >= 11 is 5.77. The molecule has 3 rings (SSSR count). The Bertz CT molecular complexity index is 955. The summed E-state index contributed by atoms with van der Waals surface area (Å²) in [4.78, 5) is 16.5. The fourth-order valence-electron chi connectivity index (χ4n) is 2.63. The van der Waals surface area contributed by atoms with Crippen molar-refractivity contribution in [1.29, 1.82) is 0 Å². The molecule has 0 aliphatic carbocycles. The molecule has 2 unspecified atom stereocenters. The lowest BCUT2D eigenvalue weighted by Crippen LogP contribution is -2.22. The van der Waals surface area contributed by atoms with E-state index in [2.05, 4.69) is 19.9 Å². The number of halogens is 4. The lowest BCUT2D eigenvalue weighted by molar-refractivity contribution is 0.136. The standard InChI is InChI=1S/C18H16ClF3N4O/c1-9-3-4-15(27-18-23-7-11(19)8-24-18)16-14(5-12(21)13(22)6-20)25-10(2)26-17(9)16/h3-4,7-8,12-13H,5-6H2,1-2H3. The first-order valence-electron chi connectivity index (χ1n) is 8.15. The molecule has 0 aliphatic heterocycles. The first kappa shape index (κ1) is 19.3. The second-order valence-corrected chi connectivity index (χ2v) is 6.43. The Kier molecular flexibility index (Phi) is 5.74. The minimum atomic E-state index is -2.22. The molecule has 9 heteroatoms. The SMILES string of the molecule is Cc1nc(CC(F)C(F)CF)c2c(Oc3ncc(Cl)cn3)ccc(C)c2n1. The molecule has 2 atom stereocenters. The highest BCUT2D eigenvalue weighted by Crippen LogP contribution is 2.33. The summed E-state index contributed by atoms with van der Waals surface area (Å²) in [5, 5.41) is 0.754. The molecule has 0 radical (unpaired) electrons. The topological polar surface area (TPSA) is 60.8 Å². The number of hydrogen-bond acceptors (Lipinski definition) is 5. The molecule has 142 valence electrons. The number of aromatic nitrogens is 4. The summed E-state index contributed by atoms with van der Waals surface area (Å²) < 4.78 is 45.7. The van der Waals surface area contributed by atoms with Gasteiger partial charge in [-0.15, -0.1) is 0 Å². The molecule has 0 saturated heterocycles. The van der Waals surface area contributed by atoms with E-state index in [1.165, 1.54) is 12.4 Å². The average molecular weight is 397 g/mol. The maximum absolute atomic E-state index is 14.1. The highest BCUT2D eigenvalue weighted by molar-refractivity contribution is 6.30. The highest BCUT2D eigenvalue weighted by atomic mass is 35.5. The van der Waals surface area contributed by atoms with Crippen molar-refractivity contribution in [3.05, 3.63) is 46.6 Å². The first-order valence-corrected chi connectivity index (χ1v) is 8.53. The number of rotatable bonds is 6. The molecular formula is C18H16ClF3N4O. The summed E-state index contributed by atoms with van der Waals surface area (Å²) in [5.41, 5.74) is 1.57. The monoisotopic (exact) mass is 396 g/mol. The maximum Gasteiger partial charge on any atom is 0.321 e. The van der Waals surface area contributed by atoms with Gasteiger partial charge in [0.15, 0.2) is 6.17 Å². The summed E-state index contributed by atoms with van der Waals surface area (Å²) in [7, 11) is 0. The largest absolute Gasteiger partial charge is 0.424 e. The number of aryl methyl sites for hydroxylation is 2. The Labute approximate surface area is 158 Å². The molecule has 0 bridgehead atoms. The van der Waals surface area contributed by atoms with Gasteiger partial charge in [0.25, 0.3) is 0 Å². The molecule has 5 nitrogen and oxygen atoms in total. The fraction of sp³-hybridized carbons (Fsp3) is 0.333. The van der Waals surface area contributed by atoms with Crippen molar-refractivity contribution in [1.82, 2.24) is 19.9 Å². The van der Waals surface area contributed by atoms with Crippen LogP contribution in [0.5, 0.6) is 11.8 Å². The molecule has 0 amide bonds. The van der Waals surface area contributed by atoms with Gasteiger partial charge in [-0.2, -0.15) is 0 Å². The van der Waals surface area contributed by atoms with Crippen molar-refractivity contribution in [3.8, 4) is 11.8 Å². The van der Waals surface area contributed by atoms with Crippen molar-refractivity contribution in [2.45, 2.75) is 32.6 Å². The van der Waals surface area contributed by atoms with Gasteiger partial charge in [-0.3, -0.25) is 0 Å².